The van der Waals surface area contributed by atoms with Gasteiger partial charge in [0.25, 0.3) is 0 Å². The van der Waals surface area contributed by atoms with E-state index in [1.54, 1.807) is 6.08 Å². The van der Waals surface area contributed by atoms with E-state index in [2.05, 4.69) is 71.0 Å². The molecule has 25 heavy (non-hydrogen) atoms. The molecule has 2 rings (SSSR count). The van der Waals surface area contributed by atoms with Gasteiger partial charge in [0, 0.05) is 6.08 Å². The number of rotatable bonds is 6. The van der Waals surface area contributed by atoms with Crippen LogP contribution in [0.25, 0.3) is 5.57 Å². The monoisotopic (exact) mass is 336 g/mol. The minimum Gasteiger partial charge on any atom is -0.463 e. The second kappa shape index (κ2) is 8.66. The van der Waals surface area contributed by atoms with Crippen molar-refractivity contribution >= 4 is 11.5 Å². The molecule has 0 aliphatic heterocycles. The van der Waals surface area contributed by atoms with Gasteiger partial charge in [0.05, 0.1) is 6.61 Å². The molecule has 132 valence electrons. The van der Waals surface area contributed by atoms with E-state index in [0.717, 1.165) is 40.7 Å². The summed E-state index contributed by atoms with van der Waals surface area (Å²) in [6.45, 7) is 10.9. The summed E-state index contributed by atoms with van der Waals surface area (Å²) in [6, 6.07) is 12.7. The van der Waals surface area contributed by atoms with E-state index in [4.69, 9.17) is 4.74 Å². The van der Waals surface area contributed by atoms with Crippen LogP contribution >= 0.6 is 0 Å². The van der Waals surface area contributed by atoms with E-state index in [0.29, 0.717) is 6.61 Å². The Morgan fingerprint density at radius 1 is 0.920 bits per heavy atom. The number of aryl methyl sites for hydroxylation is 4. The highest BCUT2D eigenvalue weighted by Gasteiger charge is 2.14. The summed E-state index contributed by atoms with van der Waals surface area (Å²) in [7, 11) is 0. The van der Waals surface area contributed by atoms with Crippen LogP contribution in [0, 0.1) is 27.7 Å². The minimum atomic E-state index is -0.273. The SMILES string of the molecule is CCCCOC(=O)C=C(c1cc(C)ccc1C)c1cc(C)ccc1C. The fourth-order valence-electron chi connectivity index (χ4n) is 2.83. The van der Waals surface area contributed by atoms with Gasteiger partial charge in [-0.25, -0.2) is 4.79 Å². The number of hydrogen-bond acceptors (Lipinski definition) is 2. The zero-order valence-electron chi connectivity index (χ0n) is 16.0. The van der Waals surface area contributed by atoms with Crippen molar-refractivity contribution in [1.82, 2.24) is 0 Å². The molecule has 2 aromatic rings. The van der Waals surface area contributed by atoms with Crippen LogP contribution in [0.5, 0.6) is 0 Å². The van der Waals surface area contributed by atoms with Gasteiger partial charge in [-0.2, -0.15) is 0 Å². The molecule has 0 aliphatic carbocycles. The van der Waals surface area contributed by atoms with Gasteiger partial charge in [0.15, 0.2) is 0 Å². The molecule has 0 heterocycles. The molecule has 0 bridgehead atoms. The summed E-state index contributed by atoms with van der Waals surface area (Å²) in [5.74, 6) is -0.273. The standard InChI is InChI=1S/C23H28O2/c1-6-7-12-25-23(24)15-22(20-13-16(2)8-10-18(20)4)21-14-17(3)9-11-19(21)5/h8-11,13-15H,6-7,12H2,1-5H3. The summed E-state index contributed by atoms with van der Waals surface area (Å²) in [6.07, 6.45) is 3.55. The van der Waals surface area contributed by atoms with Gasteiger partial charge in [-0.05, 0) is 61.9 Å². The number of ether oxygens (including phenoxy) is 1. The van der Waals surface area contributed by atoms with Gasteiger partial charge in [-0.3, -0.25) is 0 Å². The molecule has 0 fully saturated rings. The summed E-state index contributed by atoms with van der Waals surface area (Å²) in [5, 5.41) is 0. The topological polar surface area (TPSA) is 26.3 Å². The van der Waals surface area contributed by atoms with Crippen LogP contribution in [0.15, 0.2) is 42.5 Å². The van der Waals surface area contributed by atoms with E-state index in [1.165, 1.54) is 11.1 Å². The van der Waals surface area contributed by atoms with Gasteiger partial charge in [0.1, 0.15) is 0 Å². The van der Waals surface area contributed by atoms with Gasteiger partial charge in [-0.1, -0.05) is 60.9 Å². The zero-order valence-corrected chi connectivity index (χ0v) is 16.0. The number of carbonyl (C=O) groups is 1. The Kier molecular flexibility index (Phi) is 6.58. The van der Waals surface area contributed by atoms with Crippen molar-refractivity contribution in [2.24, 2.45) is 0 Å². The molecule has 0 aliphatic rings. The number of benzene rings is 2. The Hall–Kier alpha value is -2.35. The highest BCUT2D eigenvalue weighted by molar-refractivity contribution is 5.97. The Balaban J connectivity index is 2.53. The lowest BCUT2D eigenvalue weighted by molar-refractivity contribution is -0.137. The average molecular weight is 336 g/mol. The van der Waals surface area contributed by atoms with Crippen molar-refractivity contribution in [2.45, 2.75) is 47.5 Å². The van der Waals surface area contributed by atoms with Gasteiger partial charge >= 0.3 is 5.97 Å². The van der Waals surface area contributed by atoms with Crippen LogP contribution in [-0.2, 0) is 9.53 Å². The molecular formula is C23H28O2. The maximum Gasteiger partial charge on any atom is 0.331 e. The fourth-order valence-corrected chi connectivity index (χ4v) is 2.83. The van der Waals surface area contributed by atoms with Gasteiger partial charge < -0.3 is 4.74 Å². The van der Waals surface area contributed by atoms with Gasteiger partial charge in [0.2, 0.25) is 0 Å². The van der Waals surface area contributed by atoms with Crippen LogP contribution in [-0.4, -0.2) is 12.6 Å². The van der Waals surface area contributed by atoms with Crippen LogP contribution in [0.3, 0.4) is 0 Å². The highest BCUT2D eigenvalue weighted by Crippen LogP contribution is 2.30. The molecule has 0 atom stereocenters. The maximum atomic E-state index is 12.4. The number of unbranched alkanes of at least 4 members (excludes halogenated alkanes) is 1. The molecule has 0 aromatic heterocycles. The normalized spacial score (nSPS) is 10.4. The van der Waals surface area contributed by atoms with Crippen LogP contribution in [0.2, 0.25) is 0 Å². The first kappa shape index (κ1) is 19.0. The quantitative estimate of drug-likeness (QED) is 0.384. The molecule has 0 amide bonds. The minimum absolute atomic E-state index is 0.273. The third kappa shape index (κ3) is 5.06. The third-order valence-electron chi connectivity index (χ3n) is 4.37. The summed E-state index contributed by atoms with van der Waals surface area (Å²) in [4.78, 5) is 12.4. The molecule has 0 saturated carbocycles. The number of esters is 1. The Labute approximate surface area is 151 Å². The molecule has 0 radical (unpaired) electrons. The molecule has 2 nitrogen and oxygen atoms in total. The van der Waals surface area contributed by atoms with Crippen molar-refractivity contribution in [3.05, 3.63) is 75.9 Å². The first-order valence-corrected chi connectivity index (χ1v) is 8.96. The second-order valence-corrected chi connectivity index (χ2v) is 6.72. The Morgan fingerprint density at radius 2 is 1.44 bits per heavy atom. The lowest BCUT2D eigenvalue weighted by Crippen LogP contribution is -2.05. The highest BCUT2D eigenvalue weighted by atomic mass is 16.5. The van der Waals surface area contributed by atoms with E-state index >= 15 is 0 Å². The lowest BCUT2D eigenvalue weighted by Gasteiger charge is -2.15. The molecule has 2 heteroatoms. The predicted octanol–water partition coefficient (Wildman–Crippen LogP) is 5.70. The molecule has 0 spiro atoms. The molecule has 0 saturated heterocycles. The molecular weight excluding hydrogens is 308 g/mol. The van der Waals surface area contributed by atoms with E-state index in [1.807, 2.05) is 0 Å². The average Bonchev–Trinajstić information content (AvgIpc) is 2.58. The second-order valence-electron chi connectivity index (χ2n) is 6.72. The van der Waals surface area contributed by atoms with E-state index < -0.39 is 0 Å². The van der Waals surface area contributed by atoms with Crippen molar-refractivity contribution in [2.75, 3.05) is 6.61 Å². The summed E-state index contributed by atoms with van der Waals surface area (Å²) >= 11 is 0. The van der Waals surface area contributed by atoms with Crippen LogP contribution in [0.1, 0.15) is 53.1 Å². The van der Waals surface area contributed by atoms with E-state index in [9.17, 15) is 4.79 Å². The fraction of sp³-hybridized carbons (Fsp3) is 0.348. The van der Waals surface area contributed by atoms with E-state index in [-0.39, 0.29) is 5.97 Å². The number of carbonyl (C=O) groups excluding carboxylic acids is 1. The zero-order chi connectivity index (χ0) is 18.4. The Bertz CT molecular complexity index is 731. The lowest BCUT2D eigenvalue weighted by atomic mass is 9.89. The van der Waals surface area contributed by atoms with Crippen molar-refractivity contribution in [1.29, 1.82) is 0 Å². The van der Waals surface area contributed by atoms with Gasteiger partial charge in [-0.15, -0.1) is 0 Å². The van der Waals surface area contributed by atoms with Crippen molar-refractivity contribution in [3.63, 3.8) is 0 Å². The largest absolute Gasteiger partial charge is 0.463 e. The predicted molar refractivity (Wildman–Crippen MR) is 105 cm³/mol. The van der Waals surface area contributed by atoms with Crippen LogP contribution < -0.4 is 0 Å². The molecule has 0 N–H and O–H groups in total. The molecule has 0 unspecified atom stereocenters. The summed E-state index contributed by atoms with van der Waals surface area (Å²) < 4.78 is 5.38. The first-order valence-electron chi connectivity index (χ1n) is 8.96. The Morgan fingerprint density at radius 3 is 1.92 bits per heavy atom. The number of hydrogen-bond donors (Lipinski definition) is 0. The third-order valence-corrected chi connectivity index (χ3v) is 4.37. The smallest absolute Gasteiger partial charge is 0.331 e. The molecule has 2 aromatic carbocycles. The van der Waals surface area contributed by atoms with Crippen molar-refractivity contribution in [3.8, 4) is 0 Å². The van der Waals surface area contributed by atoms with Crippen molar-refractivity contribution < 1.29 is 9.53 Å². The summed E-state index contributed by atoms with van der Waals surface area (Å²) in [5.41, 5.74) is 7.76. The first-order chi connectivity index (χ1) is 11.9. The maximum absolute atomic E-state index is 12.4. The van der Waals surface area contributed by atoms with Crippen LogP contribution in [0.4, 0.5) is 0 Å².